The summed E-state index contributed by atoms with van der Waals surface area (Å²) in [4.78, 5) is 11.8. The Hall–Kier alpha value is -3.15. The molecule has 0 aliphatic carbocycles. The molecule has 0 saturated carbocycles. The van der Waals surface area contributed by atoms with Gasteiger partial charge in [-0.3, -0.25) is 9.88 Å². The van der Waals surface area contributed by atoms with E-state index >= 15 is 0 Å². The van der Waals surface area contributed by atoms with Gasteiger partial charge in [0.25, 0.3) is 0 Å². The third-order valence-corrected chi connectivity index (χ3v) is 6.59. The number of methoxy groups -OCH3 is 1. The van der Waals surface area contributed by atoms with Crippen LogP contribution in [-0.2, 0) is 16.0 Å². The van der Waals surface area contributed by atoms with E-state index in [0.29, 0.717) is 36.8 Å². The number of aryl methyl sites for hydroxylation is 2. The van der Waals surface area contributed by atoms with Crippen LogP contribution in [0.5, 0.6) is 5.75 Å². The molecule has 3 aromatic heterocycles. The van der Waals surface area contributed by atoms with E-state index in [1.54, 1.807) is 13.3 Å². The summed E-state index contributed by atoms with van der Waals surface area (Å²) in [6, 6.07) is 3.47. The van der Waals surface area contributed by atoms with E-state index in [4.69, 9.17) is 23.7 Å². The van der Waals surface area contributed by atoms with Crippen LogP contribution >= 0.6 is 0 Å². The first kappa shape index (κ1) is 27.9. The lowest BCUT2D eigenvalue weighted by molar-refractivity contribution is -0.135. The first-order valence-electron chi connectivity index (χ1n) is 12.9. The highest BCUT2D eigenvalue weighted by Crippen LogP contribution is 2.39. The normalized spacial score (nSPS) is 15.2. The van der Waals surface area contributed by atoms with Crippen molar-refractivity contribution in [2.45, 2.75) is 53.8 Å². The van der Waals surface area contributed by atoms with Crippen LogP contribution in [0.3, 0.4) is 0 Å². The summed E-state index contributed by atoms with van der Waals surface area (Å²) in [7, 11) is 1.61. The molecule has 0 radical (unpaired) electrons. The Morgan fingerprint density at radius 3 is 2.47 bits per heavy atom. The number of benzene rings is 1. The Balaban J connectivity index is 0.00000164. The van der Waals surface area contributed by atoms with Gasteiger partial charge in [0.05, 0.1) is 68.0 Å². The van der Waals surface area contributed by atoms with Crippen LogP contribution in [0.2, 0.25) is 0 Å². The lowest BCUT2D eigenvalue weighted by atomic mass is 10.0. The second-order valence-corrected chi connectivity index (χ2v) is 8.99. The predicted molar refractivity (Wildman–Crippen MR) is 141 cm³/mol. The Morgan fingerprint density at radius 1 is 1.11 bits per heavy atom. The number of rotatable bonds is 8. The minimum absolute atomic E-state index is 0.155. The number of fused-ring (bicyclic) bond motifs is 3. The van der Waals surface area contributed by atoms with Crippen LogP contribution in [0.1, 0.15) is 44.1 Å². The molecule has 9 nitrogen and oxygen atoms in total. The van der Waals surface area contributed by atoms with Gasteiger partial charge >= 0.3 is 6.61 Å². The molecule has 1 aliphatic heterocycles. The molecule has 1 aromatic carbocycles. The van der Waals surface area contributed by atoms with Gasteiger partial charge in [-0.2, -0.15) is 8.78 Å². The van der Waals surface area contributed by atoms with E-state index in [1.165, 1.54) is 0 Å². The summed E-state index contributed by atoms with van der Waals surface area (Å²) in [6.07, 6.45) is 1.72. The summed E-state index contributed by atoms with van der Waals surface area (Å²) in [6.45, 7) is 10.0. The summed E-state index contributed by atoms with van der Waals surface area (Å²) in [5, 5.41) is 4.88. The number of pyridine rings is 1. The van der Waals surface area contributed by atoms with Crippen LogP contribution in [0, 0.1) is 13.8 Å². The fourth-order valence-electron chi connectivity index (χ4n) is 4.92. The van der Waals surface area contributed by atoms with E-state index in [2.05, 4.69) is 15.0 Å². The molecule has 1 atom stereocenters. The minimum atomic E-state index is -2.85. The molecule has 4 heterocycles. The van der Waals surface area contributed by atoms with E-state index in [0.717, 1.165) is 52.2 Å². The van der Waals surface area contributed by atoms with Gasteiger partial charge in [-0.15, -0.1) is 0 Å². The highest BCUT2D eigenvalue weighted by molar-refractivity contribution is 6.05. The maximum absolute atomic E-state index is 12.9. The number of hydrogen-bond donors (Lipinski definition) is 0. The molecule has 1 saturated heterocycles. The molecule has 4 aromatic rings. The molecule has 1 fully saturated rings. The van der Waals surface area contributed by atoms with Crippen LogP contribution in [0.4, 0.5) is 8.78 Å². The van der Waals surface area contributed by atoms with Crippen molar-refractivity contribution < 1.29 is 27.5 Å². The smallest absolute Gasteiger partial charge is 0.345 e. The number of halogens is 2. The fraction of sp³-hybridized carbons (Fsp3) is 0.519. The Bertz CT molecular complexity index is 1360. The molecule has 0 bridgehead atoms. The van der Waals surface area contributed by atoms with Gasteiger partial charge in [-0.25, -0.2) is 4.98 Å². The standard InChI is InChI=1S/C25H29F2N5O4.C2H6/c1-14(13-35-25(26)27)32-22(12-31-5-7-34-8-6-31)29-20-11-28-19-9-18(23-15(2)30-36-16(23)3)21(33-4)10-17(19)24(20)32;1-2/h9-11,14,25H,5-8,12-13H2,1-4H3;1-2H3/t14-;/m0./s1. The molecular weight excluding hydrogens is 496 g/mol. The number of aromatic nitrogens is 4. The number of ether oxygens (including phenoxy) is 3. The summed E-state index contributed by atoms with van der Waals surface area (Å²) in [5.41, 5.74) is 4.64. The average molecular weight is 532 g/mol. The molecule has 1 aliphatic rings. The lowest BCUT2D eigenvalue weighted by Gasteiger charge is -2.27. The van der Waals surface area contributed by atoms with Crippen LogP contribution in [0.25, 0.3) is 33.1 Å². The fourth-order valence-corrected chi connectivity index (χ4v) is 4.92. The Morgan fingerprint density at radius 2 is 1.84 bits per heavy atom. The molecule has 0 N–H and O–H groups in total. The maximum atomic E-state index is 12.9. The van der Waals surface area contributed by atoms with Crippen molar-refractivity contribution in [1.82, 2.24) is 24.6 Å². The second kappa shape index (κ2) is 12.1. The Labute approximate surface area is 220 Å². The molecule has 38 heavy (non-hydrogen) atoms. The zero-order valence-electron chi connectivity index (χ0n) is 22.8. The van der Waals surface area contributed by atoms with Crippen LogP contribution in [-0.4, -0.2) is 71.2 Å². The third kappa shape index (κ3) is 5.50. The van der Waals surface area contributed by atoms with Gasteiger partial charge in [-0.1, -0.05) is 19.0 Å². The van der Waals surface area contributed by atoms with Gasteiger partial charge in [0.1, 0.15) is 22.9 Å². The first-order valence-corrected chi connectivity index (χ1v) is 12.9. The maximum Gasteiger partial charge on any atom is 0.345 e. The molecule has 5 rings (SSSR count). The van der Waals surface area contributed by atoms with Crippen molar-refractivity contribution in [3.05, 3.63) is 35.6 Å². The number of imidazole rings is 1. The average Bonchev–Trinajstić information content (AvgIpc) is 3.46. The summed E-state index contributed by atoms with van der Waals surface area (Å²) in [5.74, 6) is 2.08. The summed E-state index contributed by atoms with van der Waals surface area (Å²) < 4.78 is 49.1. The number of morpholine rings is 1. The van der Waals surface area contributed by atoms with Crippen molar-refractivity contribution in [3.8, 4) is 16.9 Å². The van der Waals surface area contributed by atoms with Gasteiger partial charge in [0.2, 0.25) is 0 Å². The predicted octanol–water partition coefficient (Wildman–Crippen LogP) is 5.52. The zero-order chi connectivity index (χ0) is 27.4. The molecule has 0 amide bonds. The molecule has 0 unspecified atom stereocenters. The largest absolute Gasteiger partial charge is 0.496 e. The van der Waals surface area contributed by atoms with E-state index in [9.17, 15) is 8.78 Å². The van der Waals surface area contributed by atoms with Crippen molar-refractivity contribution in [3.63, 3.8) is 0 Å². The minimum Gasteiger partial charge on any atom is -0.496 e. The Kier molecular flexibility index (Phi) is 8.91. The highest BCUT2D eigenvalue weighted by atomic mass is 19.3. The van der Waals surface area contributed by atoms with Crippen molar-refractivity contribution in [2.24, 2.45) is 0 Å². The van der Waals surface area contributed by atoms with Crippen molar-refractivity contribution >= 4 is 21.9 Å². The summed E-state index contributed by atoms with van der Waals surface area (Å²) >= 11 is 0. The molecule has 0 spiro atoms. The third-order valence-electron chi connectivity index (χ3n) is 6.59. The number of nitrogens with zero attached hydrogens (tertiary/aromatic N) is 5. The second-order valence-electron chi connectivity index (χ2n) is 8.99. The van der Waals surface area contributed by atoms with Gasteiger partial charge in [0, 0.05) is 24.0 Å². The quantitative estimate of drug-likeness (QED) is 0.294. The van der Waals surface area contributed by atoms with Crippen LogP contribution in [0.15, 0.2) is 22.9 Å². The SMILES string of the molecule is CC.COc1cc2c(cc1-c1c(C)noc1C)ncc1nc(CN3CCOCC3)n([C@@H](C)COC(F)F)c12. The van der Waals surface area contributed by atoms with E-state index in [1.807, 2.05) is 51.3 Å². The van der Waals surface area contributed by atoms with Crippen molar-refractivity contribution in [1.29, 1.82) is 0 Å². The van der Waals surface area contributed by atoms with Crippen LogP contribution < -0.4 is 4.74 Å². The van der Waals surface area contributed by atoms with E-state index < -0.39 is 6.61 Å². The van der Waals surface area contributed by atoms with Gasteiger partial charge < -0.3 is 23.3 Å². The number of alkyl halides is 2. The zero-order valence-corrected chi connectivity index (χ0v) is 22.8. The van der Waals surface area contributed by atoms with Gasteiger partial charge in [-0.05, 0) is 32.9 Å². The van der Waals surface area contributed by atoms with E-state index in [-0.39, 0.29) is 12.6 Å². The topological polar surface area (TPSA) is 87.7 Å². The van der Waals surface area contributed by atoms with Gasteiger partial charge in [0.15, 0.2) is 0 Å². The first-order chi connectivity index (χ1) is 18.4. The lowest BCUT2D eigenvalue weighted by Crippen LogP contribution is -2.36. The molecule has 206 valence electrons. The monoisotopic (exact) mass is 531 g/mol. The molecular formula is C27H35F2N5O4. The molecule has 11 heteroatoms. The number of hydrogen-bond acceptors (Lipinski definition) is 8. The highest BCUT2D eigenvalue weighted by Gasteiger charge is 2.24. The van der Waals surface area contributed by atoms with Crippen molar-refractivity contribution in [2.75, 3.05) is 40.0 Å².